The van der Waals surface area contributed by atoms with E-state index in [0.717, 1.165) is 43.2 Å². The van der Waals surface area contributed by atoms with E-state index >= 15 is 0 Å². The number of rotatable bonds is 11. The molecule has 0 radical (unpaired) electrons. The van der Waals surface area contributed by atoms with Crippen molar-refractivity contribution in [2.24, 2.45) is 5.92 Å². The van der Waals surface area contributed by atoms with Crippen LogP contribution < -0.4 is 10.2 Å². The number of benzene rings is 1. The van der Waals surface area contributed by atoms with Crippen LogP contribution in [-0.4, -0.2) is 83.9 Å². The van der Waals surface area contributed by atoms with Gasteiger partial charge in [0.15, 0.2) is 5.43 Å². The molecular formula is C33H42N2O10. The van der Waals surface area contributed by atoms with E-state index in [1.54, 1.807) is 48.1 Å². The summed E-state index contributed by atoms with van der Waals surface area (Å²) < 4.78 is 14.1. The number of aliphatic hydroxyl groups excluding tert-OH is 4. The molecule has 1 aromatic carbocycles. The first kappa shape index (κ1) is 31.7. The van der Waals surface area contributed by atoms with Crippen LogP contribution in [0.15, 0.2) is 51.9 Å². The van der Waals surface area contributed by atoms with E-state index in [2.05, 4.69) is 4.98 Å². The Bertz CT molecular complexity index is 1690. The van der Waals surface area contributed by atoms with Gasteiger partial charge in [0.1, 0.15) is 59.3 Å². The summed E-state index contributed by atoms with van der Waals surface area (Å²) in [5, 5.41) is 53.9. The number of aromatic amines is 1. The SMILES string of the molecule is Cc1cc(=O)c2cc3c(cc2o1)O[C@](C)(C1CCCCC1)[C@H](OOC[C@H](O)[C@](O)(Cn1ccc2[nH]ccc21)[C@H](O)[C@H](O)CO)C3. The Kier molecular flexibility index (Phi) is 8.83. The largest absolute Gasteiger partial charge is 0.484 e. The molecule has 6 N–H and O–H groups in total. The molecule has 12 nitrogen and oxygen atoms in total. The zero-order valence-corrected chi connectivity index (χ0v) is 25.5. The van der Waals surface area contributed by atoms with Crippen LogP contribution in [0.5, 0.6) is 5.75 Å². The third-order valence-electron chi connectivity index (χ3n) is 9.78. The van der Waals surface area contributed by atoms with Crippen molar-refractivity contribution in [2.75, 3.05) is 13.2 Å². The van der Waals surface area contributed by atoms with Crippen molar-refractivity contribution < 1.29 is 44.5 Å². The Morgan fingerprint density at radius 3 is 2.69 bits per heavy atom. The van der Waals surface area contributed by atoms with Gasteiger partial charge in [-0.05, 0) is 50.5 Å². The first-order valence-electron chi connectivity index (χ1n) is 15.6. The second-order valence-electron chi connectivity index (χ2n) is 12.8. The Balaban J connectivity index is 1.24. The van der Waals surface area contributed by atoms with Crippen molar-refractivity contribution in [2.45, 2.75) is 94.5 Å². The lowest BCUT2D eigenvalue weighted by Crippen LogP contribution is -2.61. The number of aryl methyl sites for hydroxylation is 1. The molecule has 6 atom stereocenters. The average molecular weight is 627 g/mol. The van der Waals surface area contributed by atoms with Gasteiger partial charge in [0.25, 0.3) is 0 Å². The third-order valence-corrected chi connectivity index (χ3v) is 9.78. The number of fused-ring (bicyclic) bond motifs is 3. The summed E-state index contributed by atoms with van der Waals surface area (Å²) in [6, 6.07) is 8.51. The standard InChI is InChI=1S/C33H42N2O10/c1-19-12-25(37)22-13-20-14-30(32(2,21-6-4-3-5-7-21)44-27(20)15-28(22)43-19)45-42-17-29(39)33(41,31(40)26(38)16-36)18-35-11-9-23-24(35)8-10-34-23/h8-13,15,21,26,29-31,34,36,38-41H,3-7,14,16-18H2,1-2H3/t26-,29+,30-,31-,32-,33-/m1/s1. The highest BCUT2D eigenvalue weighted by Crippen LogP contribution is 2.45. The van der Waals surface area contributed by atoms with Gasteiger partial charge in [-0.15, -0.1) is 0 Å². The van der Waals surface area contributed by atoms with E-state index in [0.29, 0.717) is 34.4 Å². The molecule has 0 amide bonds. The minimum absolute atomic E-state index is 0.147. The number of aromatic nitrogens is 2. The molecule has 0 bridgehead atoms. The van der Waals surface area contributed by atoms with Gasteiger partial charge in [-0.1, -0.05) is 19.3 Å². The van der Waals surface area contributed by atoms with Crippen LogP contribution in [-0.2, 0) is 22.7 Å². The number of aliphatic hydroxyl groups is 5. The number of hydrogen-bond donors (Lipinski definition) is 6. The quantitative estimate of drug-likeness (QED) is 0.107. The van der Waals surface area contributed by atoms with E-state index in [9.17, 15) is 30.3 Å². The molecule has 45 heavy (non-hydrogen) atoms. The summed E-state index contributed by atoms with van der Waals surface area (Å²) in [6.07, 6.45) is 2.85. The second-order valence-corrected chi connectivity index (χ2v) is 12.8. The lowest BCUT2D eigenvalue weighted by Gasteiger charge is -2.47. The predicted octanol–water partition coefficient (Wildman–Crippen LogP) is 2.48. The highest BCUT2D eigenvalue weighted by Gasteiger charge is 2.50. The highest BCUT2D eigenvalue weighted by molar-refractivity contribution is 5.80. The molecule has 0 unspecified atom stereocenters. The van der Waals surface area contributed by atoms with Gasteiger partial charge >= 0.3 is 0 Å². The zero-order valence-electron chi connectivity index (χ0n) is 25.5. The fourth-order valence-corrected chi connectivity index (χ4v) is 7.03. The van der Waals surface area contributed by atoms with Crippen molar-refractivity contribution in [1.82, 2.24) is 9.55 Å². The lowest BCUT2D eigenvalue weighted by atomic mass is 9.72. The Labute approximate surface area is 259 Å². The van der Waals surface area contributed by atoms with Gasteiger partial charge in [0.2, 0.25) is 0 Å². The molecule has 3 aromatic heterocycles. The monoisotopic (exact) mass is 626 g/mol. The number of nitrogens with one attached hydrogen (secondary N) is 1. The van der Waals surface area contributed by atoms with Gasteiger partial charge in [-0.25, -0.2) is 9.78 Å². The Morgan fingerprint density at radius 2 is 1.93 bits per heavy atom. The fraction of sp³-hybridized carbons (Fsp3) is 0.545. The van der Waals surface area contributed by atoms with Crippen LogP contribution in [0, 0.1) is 12.8 Å². The number of hydrogen-bond acceptors (Lipinski definition) is 10. The molecule has 0 spiro atoms. The van der Waals surface area contributed by atoms with E-state index in [4.69, 9.17) is 18.9 Å². The fourth-order valence-electron chi connectivity index (χ4n) is 7.03. The summed E-state index contributed by atoms with van der Waals surface area (Å²) in [4.78, 5) is 27.4. The molecule has 4 heterocycles. The van der Waals surface area contributed by atoms with E-state index in [-0.39, 0.29) is 17.9 Å². The van der Waals surface area contributed by atoms with Crippen LogP contribution in [0.25, 0.3) is 22.0 Å². The summed E-state index contributed by atoms with van der Waals surface area (Å²) in [7, 11) is 0. The summed E-state index contributed by atoms with van der Waals surface area (Å²) in [6.45, 7) is 2.01. The minimum Gasteiger partial charge on any atom is -0.484 e. The minimum atomic E-state index is -2.33. The van der Waals surface area contributed by atoms with E-state index in [1.807, 2.05) is 6.92 Å². The molecule has 1 aliphatic carbocycles. The molecule has 12 heteroatoms. The van der Waals surface area contributed by atoms with Gasteiger partial charge in [0, 0.05) is 36.9 Å². The molecule has 1 saturated carbocycles. The molecule has 0 saturated heterocycles. The molecule has 6 rings (SSSR count). The van der Waals surface area contributed by atoms with Gasteiger partial charge in [-0.2, -0.15) is 0 Å². The van der Waals surface area contributed by atoms with Crippen molar-refractivity contribution in [3.05, 3.63) is 64.3 Å². The number of nitrogens with zero attached hydrogens (tertiary/aromatic N) is 1. The molecule has 4 aromatic rings. The Morgan fingerprint density at radius 1 is 1.16 bits per heavy atom. The first-order chi connectivity index (χ1) is 21.5. The van der Waals surface area contributed by atoms with Crippen molar-refractivity contribution in [3.8, 4) is 5.75 Å². The average Bonchev–Trinajstić information content (AvgIpc) is 3.65. The summed E-state index contributed by atoms with van der Waals surface area (Å²) >= 11 is 0. The number of H-pyrrole nitrogens is 1. The first-order valence-corrected chi connectivity index (χ1v) is 15.6. The van der Waals surface area contributed by atoms with Gasteiger partial charge < -0.3 is 44.2 Å². The zero-order chi connectivity index (χ0) is 31.9. The Hall–Kier alpha value is -3.23. The molecule has 2 aliphatic rings. The van der Waals surface area contributed by atoms with Crippen LogP contribution in [0.1, 0.15) is 50.4 Å². The summed E-state index contributed by atoms with van der Waals surface area (Å²) in [5.41, 5.74) is -0.609. The summed E-state index contributed by atoms with van der Waals surface area (Å²) in [5.74, 6) is 1.27. The van der Waals surface area contributed by atoms with Crippen LogP contribution in [0.3, 0.4) is 0 Å². The van der Waals surface area contributed by atoms with Gasteiger partial charge in [-0.3, -0.25) is 4.79 Å². The maximum atomic E-state index is 12.7. The van der Waals surface area contributed by atoms with Crippen molar-refractivity contribution in [1.29, 1.82) is 0 Å². The highest BCUT2D eigenvalue weighted by atomic mass is 17.2. The lowest BCUT2D eigenvalue weighted by molar-refractivity contribution is -0.369. The maximum Gasteiger partial charge on any atom is 0.192 e. The maximum absolute atomic E-state index is 12.7. The van der Waals surface area contributed by atoms with Crippen LogP contribution in [0.4, 0.5) is 0 Å². The van der Waals surface area contributed by atoms with Gasteiger partial charge in [0.05, 0.1) is 29.6 Å². The van der Waals surface area contributed by atoms with E-state index in [1.165, 1.54) is 6.07 Å². The molecule has 1 aliphatic heterocycles. The topological polar surface area (TPSA) is 180 Å². The van der Waals surface area contributed by atoms with Crippen molar-refractivity contribution >= 4 is 22.0 Å². The van der Waals surface area contributed by atoms with Crippen LogP contribution >= 0.6 is 0 Å². The predicted molar refractivity (Wildman–Crippen MR) is 164 cm³/mol. The molecule has 1 fully saturated rings. The third kappa shape index (κ3) is 5.92. The normalized spacial score (nSPS) is 24.2. The van der Waals surface area contributed by atoms with Crippen molar-refractivity contribution in [3.63, 3.8) is 0 Å². The second kappa shape index (κ2) is 12.5. The molecule has 244 valence electrons. The number of ether oxygens (including phenoxy) is 1. The van der Waals surface area contributed by atoms with Crippen LogP contribution in [0.2, 0.25) is 0 Å². The van der Waals surface area contributed by atoms with E-state index < -0.39 is 48.8 Å². The molecular weight excluding hydrogens is 584 g/mol. The smallest absolute Gasteiger partial charge is 0.192 e.